The predicted octanol–water partition coefficient (Wildman–Crippen LogP) is 2.97. The van der Waals surface area contributed by atoms with Crippen LogP contribution in [-0.4, -0.2) is 72.0 Å². The molecule has 3 aliphatic rings. The molecular weight excluding hydrogens is 462 g/mol. The first-order valence-corrected chi connectivity index (χ1v) is 12.8. The van der Waals surface area contributed by atoms with E-state index in [1.165, 1.54) is 0 Å². The lowest BCUT2D eigenvalue weighted by atomic mass is 9.68. The second-order valence-electron chi connectivity index (χ2n) is 9.58. The van der Waals surface area contributed by atoms with Crippen molar-refractivity contribution in [2.75, 3.05) is 39.5 Å². The minimum atomic E-state index is -1.22. The predicted molar refractivity (Wildman–Crippen MR) is 131 cm³/mol. The van der Waals surface area contributed by atoms with Gasteiger partial charge in [0.1, 0.15) is 5.41 Å². The van der Waals surface area contributed by atoms with Gasteiger partial charge in [0.05, 0.1) is 25.7 Å². The SMILES string of the molecule is CCOOC(=O)[C@@]12CCCC=C1N(CCc1c[nH]c3ccccc13)C(=O)[C@H]2CC(=O)N1CCOCC1. The Morgan fingerprint density at radius 1 is 1.22 bits per heavy atom. The Hall–Kier alpha value is -3.17. The fraction of sp³-hybridized carbons (Fsp3) is 0.519. The number of hydrogen-bond donors (Lipinski definition) is 1. The zero-order valence-electron chi connectivity index (χ0n) is 20.7. The molecule has 9 nitrogen and oxygen atoms in total. The summed E-state index contributed by atoms with van der Waals surface area (Å²) in [5, 5.41) is 1.11. The van der Waals surface area contributed by atoms with E-state index in [-0.39, 0.29) is 24.8 Å². The molecule has 36 heavy (non-hydrogen) atoms. The largest absolute Gasteiger partial charge is 0.378 e. The number of fused-ring (bicyclic) bond motifs is 2. The number of H-pyrrole nitrogens is 1. The first-order valence-electron chi connectivity index (χ1n) is 12.8. The number of nitrogens with one attached hydrogen (secondary N) is 1. The minimum Gasteiger partial charge on any atom is -0.378 e. The van der Waals surface area contributed by atoms with Crippen LogP contribution < -0.4 is 0 Å². The third kappa shape index (κ3) is 4.30. The fourth-order valence-corrected chi connectivity index (χ4v) is 5.87. The lowest BCUT2D eigenvalue weighted by Gasteiger charge is -2.35. The highest BCUT2D eigenvalue weighted by atomic mass is 17.2. The highest BCUT2D eigenvalue weighted by Gasteiger charge is 2.62. The van der Waals surface area contributed by atoms with E-state index in [4.69, 9.17) is 14.5 Å². The molecule has 3 heterocycles. The first-order chi connectivity index (χ1) is 17.6. The third-order valence-electron chi connectivity index (χ3n) is 7.66. The summed E-state index contributed by atoms with van der Waals surface area (Å²) in [6.07, 6.45) is 6.46. The number of benzene rings is 1. The van der Waals surface area contributed by atoms with E-state index in [2.05, 4.69) is 11.1 Å². The lowest BCUT2D eigenvalue weighted by molar-refractivity contribution is -0.278. The van der Waals surface area contributed by atoms with Gasteiger partial charge in [-0.1, -0.05) is 24.3 Å². The number of nitrogens with zero attached hydrogens (tertiary/aromatic N) is 2. The van der Waals surface area contributed by atoms with E-state index < -0.39 is 17.3 Å². The maximum Gasteiger partial charge on any atom is 0.355 e. The van der Waals surface area contributed by atoms with Crippen LogP contribution in [0.5, 0.6) is 0 Å². The maximum atomic E-state index is 13.9. The van der Waals surface area contributed by atoms with Gasteiger partial charge in [-0.15, -0.1) is 0 Å². The molecule has 1 aromatic heterocycles. The van der Waals surface area contributed by atoms with Gasteiger partial charge in [0.15, 0.2) is 0 Å². The number of morpholine rings is 1. The average Bonchev–Trinajstić information content (AvgIpc) is 3.43. The summed E-state index contributed by atoms with van der Waals surface area (Å²) in [6.45, 7) is 4.28. The summed E-state index contributed by atoms with van der Waals surface area (Å²) in [4.78, 5) is 57.6. The number of allylic oxidation sites excluding steroid dienone is 1. The van der Waals surface area contributed by atoms with E-state index in [0.717, 1.165) is 29.3 Å². The van der Waals surface area contributed by atoms with E-state index in [9.17, 15) is 14.4 Å². The molecule has 2 fully saturated rings. The maximum absolute atomic E-state index is 13.9. The van der Waals surface area contributed by atoms with Crippen LogP contribution in [0.3, 0.4) is 0 Å². The van der Waals surface area contributed by atoms with Crippen molar-refractivity contribution in [3.63, 3.8) is 0 Å². The van der Waals surface area contributed by atoms with Crippen molar-refractivity contribution in [1.82, 2.24) is 14.8 Å². The van der Waals surface area contributed by atoms with Crippen molar-refractivity contribution in [3.8, 4) is 0 Å². The van der Waals surface area contributed by atoms with Gasteiger partial charge in [0.2, 0.25) is 11.8 Å². The molecule has 2 amide bonds. The Morgan fingerprint density at radius 2 is 2.03 bits per heavy atom. The molecule has 1 aliphatic carbocycles. The van der Waals surface area contributed by atoms with E-state index >= 15 is 0 Å². The normalized spacial score (nSPS) is 24.1. The number of hydrogen-bond acceptors (Lipinski definition) is 6. The molecule has 0 spiro atoms. The average molecular weight is 496 g/mol. The second-order valence-corrected chi connectivity index (χ2v) is 9.58. The van der Waals surface area contributed by atoms with Crippen molar-refractivity contribution < 1.29 is 28.9 Å². The Labute approximate surface area is 210 Å². The number of ether oxygens (including phenoxy) is 1. The van der Waals surface area contributed by atoms with E-state index in [0.29, 0.717) is 51.4 Å². The summed E-state index contributed by atoms with van der Waals surface area (Å²) >= 11 is 0. The number of rotatable bonds is 8. The van der Waals surface area contributed by atoms with Crippen LogP contribution in [0, 0.1) is 11.3 Å². The second kappa shape index (κ2) is 10.4. The molecule has 5 rings (SSSR count). The molecule has 2 saturated heterocycles. The summed E-state index contributed by atoms with van der Waals surface area (Å²) in [7, 11) is 0. The van der Waals surface area contributed by atoms with Gasteiger partial charge in [-0.25, -0.2) is 4.79 Å². The van der Waals surface area contributed by atoms with Crippen molar-refractivity contribution in [2.24, 2.45) is 11.3 Å². The number of aromatic nitrogens is 1. The number of amides is 2. The molecular formula is C27H33N3O6. The molecule has 2 atom stereocenters. The van der Waals surface area contributed by atoms with Crippen LogP contribution in [0.2, 0.25) is 0 Å². The number of aromatic amines is 1. The zero-order valence-corrected chi connectivity index (χ0v) is 20.7. The molecule has 1 N–H and O–H groups in total. The Kier molecular flexibility index (Phi) is 7.11. The summed E-state index contributed by atoms with van der Waals surface area (Å²) in [5.41, 5.74) is 1.58. The van der Waals surface area contributed by atoms with Crippen molar-refractivity contribution in [1.29, 1.82) is 0 Å². The van der Waals surface area contributed by atoms with Gasteiger partial charge in [-0.2, -0.15) is 4.89 Å². The van der Waals surface area contributed by atoms with Crippen LogP contribution in [-0.2, 0) is 35.3 Å². The van der Waals surface area contributed by atoms with Gasteiger partial charge in [0, 0.05) is 48.9 Å². The first kappa shape index (κ1) is 24.5. The third-order valence-corrected chi connectivity index (χ3v) is 7.66. The number of para-hydroxylation sites is 1. The molecule has 0 radical (unpaired) electrons. The quantitative estimate of drug-likeness (QED) is 0.446. The molecule has 0 unspecified atom stereocenters. The standard InChI is InChI=1S/C27H33N3O6/c1-2-35-36-26(33)27-11-6-5-9-23(27)30(12-10-19-18-28-22-8-4-3-7-20(19)22)25(32)21(27)17-24(31)29-13-15-34-16-14-29/h3-4,7-9,18,21,28H,2,5-6,10-17H2,1H3/t21-,27-/m1/s1. The summed E-state index contributed by atoms with van der Waals surface area (Å²) in [6, 6.07) is 8.05. The molecule has 0 bridgehead atoms. The molecule has 9 heteroatoms. The van der Waals surface area contributed by atoms with Gasteiger partial charge < -0.3 is 19.5 Å². The minimum absolute atomic E-state index is 0.0407. The van der Waals surface area contributed by atoms with Crippen molar-refractivity contribution >= 4 is 28.7 Å². The molecule has 2 aliphatic heterocycles. The fourth-order valence-electron chi connectivity index (χ4n) is 5.87. The van der Waals surface area contributed by atoms with Crippen LogP contribution in [0.4, 0.5) is 0 Å². The topological polar surface area (TPSA) is 101 Å². The molecule has 192 valence electrons. The number of likely N-dealkylation sites (tertiary alicyclic amines) is 1. The number of carbonyl (C=O) groups is 3. The smallest absolute Gasteiger partial charge is 0.355 e. The Bertz CT molecular complexity index is 1170. The number of carbonyl (C=O) groups excluding carboxylic acids is 3. The highest BCUT2D eigenvalue weighted by Crippen LogP contribution is 2.54. The van der Waals surface area contributed by atoms with Crippen LogP contribution in [0.25, 0.3) is 10.9 Å². The zero-order chi connectivity index (χ0) is 25.1. The van der Waals surface area contributed by atoms with Crippen LogP contribution in [0.15, 0.2) is 42.2 Å². The summed E-state index contributed by atoms with van der Waals surface area (Å²) in [5.74, 6) is -1.74. The van der Waals surface area contributed by atoms with Crippen LogP contribution in [0.1, 0.15) is 38.2 Å². The van der Waals surface area contributed by atoms with Gasteiger partial charge in [-0.3, -0.25) is 14.5 Å². The van der Waals surface area contributed by atoms with Gasteiger partial charge in [0.25, 0.3) is 0 Å². The van der Waals surface area contributed by atoms with E-state index in [1.54, 1.807) is 16.7 Å². The van der Waals surface area contributed by atoms with Crippen LogP contribution >= 0.6 is 0 Å². The summed E-state index contributed by atoms with van der Waals surface area (Å²) < 4.78 is 5.37. The lowest BCUT2D eigenvalue weighted by Crippen LogP contribution is -2.46. The highest BCUT2D eigenvalue weighted by molar-refractivity contribution is 5.99. The molecule has 0 saturated carbocycles. The van der Waals surface area contributed by atoms with Crippen molar-refractivity contribution in [3.05, 3.63) is 47.8 Å². The monoisotopic (exact) mass is 495 g/mol. The van der Waals surface area contributed by atoms with Crippen molar-refractivity contribution in [2.45, 2.75) is 39.0 Å². The van der Waals surface area contributed by atoms with E-state index in [1.807, 2.05) is 30.5 Å². The molecule has 1 aromatic carbocycles. The Balaban J connectivity index is 1.44. The Morgan fingerprint density at radius 3 is 2.83 bits per heavy atom. The van der Waals surface area contributed by atoms with Gasteiger partial charge in [-0.05, 0) is 44.2 Å². The van der Waals surface area contributed by atoms with Gasteiger partial charge >= 0.3 is 5.97 Å². The molecule has 2 aromatic rings.